The van der Waals surface area contributed by atoms with Crippen LogP contribution in [0.1, 0.15) is 35.2 Å². The van der Waals surface area contributed by atoms with Crippen LogP contribution in [0.5, 0.6) is 0 Å². The number of nitrogens with one attached hydrogen (secondary N) is 1. The molecule has 2 amide bonds. The highest BCUT2D eigenvalue weighted by atomic mass is 19.1. The molecule has 0 fully saturated rings. The highest BCUT2D eigenvalue weighted by molar-refractivity contribution is 6.03. The predicted octanol–water partition coefficient (Wildman–Crippen LogP) is 4.55. The third-order valence-electron chi connectivity index (χ3n) is 6.58. The summed E-state index contributed by atoms with van der Waals surface area (Å²) in [6.07, 6.45) is 0.155. The molecule has 0 spiro atoms. The number of nitrogens with zero attached hydrogens (tertiary/aromatic N) is 3. The highest BCUT2D eigenvalue weighted by Crippen LogP contribution is 2.43. The minimum Gasteiger partial charge on any atom is -0.343 e. The molecule has 182 valence electrons. The first-order valence-electron chi connectivity index (χ1n) is 12.0. The first-order valence-corrected chi connectivity index (χ1v) is 12.0. The van der Waals surface area contributed by atoms with E-state index in [1.807, 2.05) is 74.5 Å². The molecule has 3 aromatic carbocycles. The standard InChI is InChI=1S/C29H27FN4O2/c1-3-33-28-25(19(2)32-34(28)23-12-8-5-9-13-23)26(21-14-16-22(30)17-15-21)27(29(33)36)31-24(35)18-20-10-6-4-7-11-20/h4-17,26-27H,3,18H2,1-2H3,(H,31,35)/t26-,27-/m0/s1. The fourth-order valence-corrected chi connectivity index (χ4v) is 4.97. The van der Waals surface area contributed by atoms with Crippen molar-refractivity contribution in [1.29, 1.82) is 0 Å². The second-order valence-electron chi connectivity index (χ2n) is 8.89. The second kappa shape index (κ2) is 9.77. The van der Waals surface area contributed by atoms with Gasteiger partial charge in [0.15, 0.2) is 0 Å². The maximum atomic E-state index is 13.9. The second-order valence-corrected chi connectivity index (χ2v) is 8.89. The van der Waals surface area contributed by atoms with Crippen molar-refractivity contribution in [2.24, 2.45) is 0 Å². The number of aryl methyl sites for hydroxylation is 1. The Kier molecular flexibility index (Phi) is 6.38. The van der Waals surface area contributed by atoms with Gasteiger partial charge in [0, 0.05) is 18.0 Å². The third kappa shape index (κ3) is 4.28. The van der Waals surface area contributed by atoms with Crippen molar-refractivity contribution < 1.29 is 14.0 Å². The smallest absolute Gasteiger partial charge is 0.251 e. The summed E-state index contributed by atoms with van der Waals surface area (Å²) in [5.74, 6) is -0.683. The molecule has 1 N–H and O–H groups in total. The van der Waals surface area contributed by atoms with Crippen LogP contribution < -0.4 is 10.2 Å². The lowest BCUT2D eigenvalue weighted by atomic mass is 9.81. The number of likely N-dealkylation sites (N-methyl/N-ethyl adjacent to an activating group) is 1. The summed E-state index contributed by atoms with van der Waals surface area (Å²) in [6.45, 7) is 4.21. The molecule has 5 rings (SSSR count). The van der Waals surface area contributed by atoms with Gasteiger partial charge in [0.05, 0.1) is 17.8 Å². The maximum absolute atomic E-state index is 13.9. The molecule has 0 saturated carbocycles. The Morgan fingerprint density at radius 2 is 1.61 bits per heavy atom. The van der Waals surface area contributed by atoms with Crippen LogP contribution in [0.2, 0.25) is 0 Å². The van der Waals surface area contributed by atoms with Gasteiger partial charge in [-0.15, -0.1) is 0 Å². The molecule has 0 aliphatic carbocycles. The highest BCUT2D eigenvalue weighted by Gasteiger charge is 2.45. The zero-order chi connectivity index (χ0) is 25.2. The van der Waals surface area contributed by atoms with Crippen LogP contribution in [0.3, 0.4) is 0 Å². The van der Waals surface area contributed by atoms with Gasteiger partial charge in [-0.3, -0.25) is 14.5 Å². The van der Waals surface area contributed by atoms with Gasteiger partial charge in [0.2, 0.25) is 5.91 Å². The van der Waals surface area contributed by atoms with Gasteiger partial charge in [0.25, 0.3) is 5.91 Å². The monoisotopic (exact) mass is 482 g/mol. The molecule has 1 aliphatic rings. The van der Waals surface area contributed by atoms with E-state index in [9.17, 15) is 14.0 Å². The van der Waals surface area contributed by atoms with Crippen molar-refractivity contribution in [2.45, 2.75) is 32.2 Å². The number of hydrogen-bond acceptors (Lipinski definition) is 3. The van der Waals surface area contributed by atoms with E-state index in [1.165, 1.54) is 12.1 Å². The zero-order valence-electron chi connectivity index (χ0n) is 20.2. The summed E-state index contributed by atoms with van der Waals surface area (Å²) in [6, 6.07) is 24.3. The minimum absolute atomic E-state index is 0.155. The summed E-state index contributed by atoms with van der Waals surface area (Å²) in [7, 11) is 0. The molecule has 1 aromatic heterocycles. The summed E-state index contributed by atoms with van der Waals surface area (Å²) in [5, 5.41) is 7.81. The molecule has 0 radical (unpaired) electrons. The van der Waals surface area contributed by atoms with Crippen LogP contribution in [-0.4, -0.2) is 34.2 Å². The van der Waals surface area contributed by atoms with Crippen molar-refractivity contribution in [1.82, 2.24) is 15.1 Å². The maximum Gasteiger partial charge on any atom is 0.251 e. The molecule has 0 unspecified atom stereocenters. The first kappa shape index (κ1) is 23.5. The Bertz CT molecular complexity index is 1380. The Morgan fingerprint density at radius 1 is 0.972 bits per heavy atom. The van der Waals surface area contributed by atoms with E-state index in [2.05, 4.69) is 5.32 Å². The summed E-state index contributed by atoms with van der Waals surface area (Å²) >= 11 is 0. The van der Waals surface area contributed by atoms with Crippen LogP contribution in [-0.2, 0) is 16.0 Å². The SMILES string of the molecule is CCN1C(=O)[C@@H](NC(=O)Cc2ccccc2)[C@@H](c2ccc(F)cc2)c2c(C)nn(-c3ccccc3)c21. The lowest BCUT2D eigenvalue weighted by molar-refractivity contribution is -0.127. The zero-order valence-corrected chi connectivity index (χ0v) is 20.2. The fraction of sp³-hybridized carbons (Fsp3) is 0.207. The normalized spacial score (nSPS) is 17.1. The van der Waals surface area contributed by atoms with Crippen LogP contribution in [0.4, 0.5) is 10.2 Å². The van der Waals surface area contributed by atoms with Crippen LogP contribution in [0.25, 0.3) is 5.69 Å². The average Bonchev–Trinajstić information content (AvgIpc) is 3.23. The predicted molar refractivity (Wildman–Crippen MR) is 137 cm³/mol. The molecule has 7 heteroatoms. The van der Waals surface area contributed by atoms with Crippen molar-refractivity contribution >= 4 is 17.6 Å². The number of benzene rings is 3. The first-order chi connectivity index (χ1) is 17.5. The van der Waals surface area contributed by atoms with Gasteiger partial charge >= 0.3 is 0 Å². The topological polar surface area (TPSA) is 67.2 Å². The molecule has 2 heterocycles. The summed E-state index contributed by atoms with van der Waals surface area (Å²) in [5.41, 5.74) is 4.02. The van der Waals surface area contributed by atoms with Gasteiger partial charge in [0.1, 0.15) is 17.7 Å². The Hall–Kier alpha value is -4.26. The van der Waals surface area contributed by atoms with E-state index in [1.54, 1.807) is 21.7 Å². The number of anilines is 1. The van der Waals surface area contributed by atoms with E-state index in [0.29, 0.717) is 12.4 Å². The number of para-hydroxylation sites is 1. The van der Waals surface area contributed by atoms with Crippen LogP contribution >= 0.6 is 0 Å². The Balaban J connectivity index is 1.63. The van der Waals surface area contributed by atoms with E-state index in [-0.39, 0.29) is 24.1 Å². The van der Waals surface area contributed by atoms with E-state index in [0.717, 1.165) is 28.1 Å². The van der Waals surface area contributed by atoms with Crippen molar-refractivity contribution in [3.05, 3.63) is 113 Å². The molecular formula is C29H27FN4O2. The third-order valence-corrected chi connectivity index (χ3v) is 6.58. The van der Waals surface area contributed by atoms with E-state index < -0.39 is 12.0 Å². The lowest BCUT2D eigenvalue weighted by Gasteiger charge is -2.38. The number of carbonyl (C=O) groups is 2. The van der Waals surface area contributed by atoms with Crippen molar-refractivity contribution in [3.8, 4) is 5.69 Å². The number of hydrogen-bond donors (Lipinski definition) is 1. The van der Waals surface area contributed by atoms with Gasteiger partial charge in [-0.1, -0.05) is 60.7 Å². The molecule has 0 saturated heterocycles. The molecule has 36 heavy (non-hydrogen) atoms. The summed E-state index contributed by atoms with van der Waals surface area (Å²) in [4.78, 5) is 28.7. The minimum atomic E-state index is -0.855. The largest absolute Gasteiger partial charge is 0.343 e. The molecule has 4 aromatic rings. The van der Waals surface area contributed by atoms with Gasteiger partial charge in [-0.2, -0.15) is 5.10 Å². The average molecular weight is 483 g/mol. The van der Waals surface area contributed by atoms with Crippen molar-refractivity contribution in [3.63, 3.8) is 0 Å². The van der Waals surface area contributed by atoms with Gasteiger partial charge in [-0.05, 0) is 49.2 Å². The Morgan fingerprint density at radius 3 is 2.25 bits per heavy atom. The van der Waals surface area contributed by atoms with E-state index >= 15 is 0 Å². The van der Waals surface area contributed by atoms with Crippen LogP contribution in [0.15, 0.2) is 84.9 Å². The van der Waals surface area contributed by atoms with E-state index in [4.69, 9.17) is 5.10 Å². The van der Waals surface area contributed by atoms with Crippen molar-refractivity contribution in [2.75, 3.05) is 11.4 Å². The Labute approximate surface area is 209 Å². The number of carbonyl (C=O) groups excluding carboxylic acids is 2. The van der Waals surface area contributed by atoms with Crippen LogP contribution in [0, 0.1) is 12.7 Å². The molecule has 1 aliphatic heterocycles. The number of aromatic nitrogens is 2. The number of fused-ring (bicyclic) bond motifs is 1. The number of rotatable bonds is 6. The summed E-state index contributed by atoms with van der Waals surface area (Å²) < 4.78 is 15.6. The molecule has 6 nitrogen and oxygen atoms in total. The molecular weight excluding hydrogens is 455 g/mol. The van der Waals surface area contributed by atoms with Gasteiger partial charge < -0.3 is 5.32 Å². The number of halogens is 1. The quantitative estimate of drug-likeness (QED) is 0.439. The molecule has 0 bridgehead atoms. The number of amides is 2. The lowest BCUT2D eigenvalue weighted by Crippen LogP contribution is -2.55. The van der Waals surface area contributed by atoms with Gasteiger partial charge in [-0.25, -0.2) is 9.07 Å². The molecule has 2 atom stereocenters. The fourth-order valence-electron chi connectivity index (χ4n) is 4.97.